The van der Waals surface area contributed by atoms with Gasteiger partial charge in [-0.25, -0.2) is 9.37 Å². The van der Waals surface area contributed by atoms with Crippen LogP contribution in [-0.4, -0.2) is 28.0 Å². The highest BCUT2D eigenvalue weighted by Crippen LogP contribution is 2.28. The van der Waals surface area contributed by atoms with Gasteiger partial charge in [0.25, 0.3) is 11.8 Å². The number of hydrogen-bond donors (Lipinski definition) is 3. The van der Waals surface area contributed by atoms with E-state index in [9.17, 15) is 18.8 Å². The Kier molecular flexibility index (Phi) is 9.96. The van der Waals surface area contributed by atoms with Crippen LogP contribution in [0.4, 0.5) is 15.2 Å². The van der Waals surface area contributed by atoms with Gasteiger partial charge in [-0.3, -0.25) is 14.4 Å². The highest BCUT2D eigenvalue weighted by molar-refractivity contribution is 8.00. The van der Waals surface area contributed by atoms with E-state index in [4.69, 9.17) is 0 Å². The maximum atomic E-state index is 13.4. The molecule has 220 valence electrons. The number of nitrogens with zero attached hydrogens (tertiary/aromatic N) is 1. The first-order valence-corrected chi connectivity index (χ1v) is 15.3. The molecule has 5 aromatic rings. The number of thioether (sulfide) groups is 1. The van der Waals surface area contributed by atoms with Crippen LogP contribution >= 0.6 is 23.1 Å². The monoisotopic (exact) mass is 622 g/mol. The van der Waals surface area contributed by atoms with Gasteiger partial charge in [-0.15, -0.1) is 23.1 Å². The van der Waals surface area contributed by atoms with Crippen LogP contribution < -0.4 is 16.0 Å². The van der Waals surface area contributed by atoms with E-state index >= 15 is 0 Å². The van der Waals surface area contributed by atoms with Crippen molar-refractivity contribution < 1.29 is 18.8 Å². The van der Waals surface area contributed by atoms with Crippen molar-refractivity contribution in [2.24, 2.45) is 0 Å². The summed E-state index contributed by atoms with van der Waals surface area (Å²) in [6.45, 7) is 1.81. The fourth-order valence-corrected chi connectivity index (χ4v) is 5.61. The smallest absolute Gasteiger partial charge is 0.272 e. The van der Waals surface area contributed by atoms with Crippen LogP contribution in [0.1, 0.15) is 22.8 Å². The van der Waals surface area contributed by atoms with Gasteiger partial charge >= 0.3 is 0 Å². The van der Waals surface area contributed by atoms with Crippen molar-refractivity contribution in [3.63, 3.8) is 0 Å². The van der Waals surface area contributed by atoms with Gasteiger partial charge in [-0.2, -0.15) is 0 Å². The van der Waals surface area contributed by atoms with E-state index in [0.29, 0.717) is 21.9 Å². The number of benzene rings is 4. The lowest BCUT2D eigenvalue weighted by Gasteiger charge is -2.13. The molecule has 5 rings (SSSR count). The van der Waals surface area contributed by atoms with E-state index in [1.54, 1.807) is 54.6 Å². The van der Waals surface area contributed by atoms with Crippen LogP contribution in [0.3, 0.4) is 0 Å². The average Bonchev–Trinajstić information content (AvgIpc) is 3.52. The number of anilines is 2. The van der Waals surface area contributed by atoms with Crippen molar-refractivity contribution in [2.45, 2.75) is 17.1 Å². The summed E-state index contributed by atoms with van der Waals surface area (Å²) in [5.74, 6) is -1.59. The summed E-state index contributed by atoms with van der Waals surface area (Å²) in [5.41, 5.74) is 3.20. The molecule has 1 atom stereocenters. The average molecular weight is 623 g/mol. The number of carbonyl (C=O) groups excluding carboxylic acids is 3. The molecule has 7 nitrogen and oxygen atoms in total. The molecule has 0 aliphatic heterocycles. The summed E-state index contributed by atoms with van der Waals surface area (Å²) in [5, 5.41) is 10.4. The molecule has 0 spiro atoms. The molecule has 4 aromatic carbocycles. The number of nitrogens with one attached hydrogen (secondary N) is 3. The first kappa shape index (κ1) is 30.4. The molecule has 1 heterocycles. The predicted molar refractivity (Wildman–Crippen MR) is 175 cm³/mol. The number of amides is 3. The summed E-state index contributed by atoms with van der Waals surface area (Å²) in [4.78, 5) is 44.2. The van der Waals surface area contributed by atoms with E-state index in [-0.39, 0.29) is 11.6 Å². The second-order valence-electron chi connectivity index (χ2n) is 9.56. The first-order valence-electron chi connectivity index (χ1n) is 13.6. The Balaban J connectivity index is 1.21. The van der Waals surface area contributed by atoms with Crippen LogP contribution in [0.2, 0.25) is 0 Å². The largest absolute Gasteiger partial charge is 0.321 e. The van der Waals surface area contributed by atoms with Gasteiger partial charge < -0.3 is 16.0 Å². The van der Waals surface area contributed by atoms with Crippen molar-refractivity contribution in [3.8, 4) is 11.3 Å². The predicted octanol–water partition coefficient (Wildman–Crippen LogP) is 7.48. The van der Waals surface area contributed by atoms with E-state index < -0.39 is 22.9 Å². The van der Waals surface area contributed by atoms with Crippen molar-refractivity contribution in [3.05, 3.63) is 137 Å². The van der Waals surface area contributed by atoms with Crippen LogP contribution in [0.25, 0.3) is 17.3 Å². The van der Waals surface area contributed by atoms with Crippen LogP contribution in [0.5, 0.6) is 0 Å². The Bertz CT molecular complexity index is 1780. The fraction of sp³-hybridized carbons (Fsp3) is 0.0588. The lowest BCUT2D eigenvalue weighted by Crippen LogP contribution is -2.30. The number of thiazole rings is 1. The van der Waals surface area contributed by atoms with Crippen molar-refractivity contribution >= 4 is 57.7 Å². The second kappa shape index (κ2) is 14.4. The summed E-state index contributed by atoms with van der Waals surface area (Å²) < 4.78 is 13.4. The number of carbonyl (C=O) groups is 3. The van der Waals surface area contributed by atoms with Crippen molar-refractivity contribution in [1.82, 2.24) is 10.3 Å². The zero-order chi connectivity index (χ0) is 30.9. The summed E-state index contributed by atoms with van der Waals surface area (Å²) in [7, 11) is 0. The van der Waals surface area contributed by atoms with Crippen LogP contribution in [-0.2, 0) is 9.59 Å². The minimum atomic E-state index is -0.551. The molecule has 10 heteroatoms. The van der Waals surface area contributed by atoms with Crippen LogP contribution in [0, 0.1) is 5.82 Å². The van der Waals surface area contributed by atoms with E-state index in [1.165, 1.54) is 53.4 Å². The van der Waals surface area contributed by atoms with Gasteiger partial charge in [-0.1, -0.05) is 60.7 Å². The Hall–Kier alpha value is -5.06. The normalized spacial score (nSPS) is 11.8. The third-order valence-electron chi connectivity index (χ3n) is 6.31. The molecular weight excluding hydrogens is 596 g/mol. The Morgan fingerprint density at radius 3 is 2.18 bits per heavy atom. The minimum Gasteiger partial charge on any atom is -0.321 e. The quantitative estimate of drug-likeness (QED) is 0.111. The van der Waals surface area contributed by atoms with Gasteiger partial charge in [0.15, 0.2) is 5.13 Å². The zero-order valence-corrected chi connectivity index (χ0v) is 25.1. The highest BCUT2D eigenvalue weighted by atomic mass is 32.2. The highest BCUT2D eigenvalue weighted by Gasteiger charge is 2.18. The molecule has 1 unspecified atom stereocenters. The lowest BCUT2D eigenvalue weighted by molar-refractivity contribution is -0.115. The van der Waals surface area contributed by atoms with Gasteiger partial charge in [0.2, 0.25) is 5.91 Å². The third kappa shape index (κ3) is 8.27. The number of halogens is 1. The minimum absolute atomic E-state index is 0.00758. The van der Waals surface area contributed by atoms with E-state index in [0.717, 1.165) is 16.2 Å². The molecule has 44 heavy (non-hydrogen) atoms. The van der Waals surface area contributed by atoms with Gasteiger partial charge in [0.05, 0.1) is 10.9 Å². The fourth-order valence-electron chi connectivity index (χ4n) is 4.02. The molecule has 0 saturated carbocycles. The Morgan fingerprint density at radius 2 is 1.50 bits per heavy atom. The second-order valence-corrected chi connectivity index (χ2v) is 11.8. The SMILES string of the molecule is CC(Sc1ccc(NC(=O)/C(=C/c2ccc(F)cc2)NC(=O)c2ccccc2)cc1)C(=O)Nc1nc(-c2ccccc2)cs1. The van der Waals surface area contributed by atoms with Crippen LogP contribution in [0.15, 0.2) is 125 Å². The van der Waals surface area contributed by atoms with E-state index in [1.807, 2.05) is 42.6 Å². The van der Waals surface area contributed by atoms with E-state index in [2.05, 4.69) is 20.9 Å². The Labute approximate surface area is 262 Å². The van der Waals surface area contributed by atoms with Gasteiger partial charge in [0, 0.05) is 27.1 Å². The zero-order valence-electron chi connectivity index (χ0n) is 23.5. The summed E-state index contributed by atoms with van der Waals surface area (Å²) in [6, 6.07) is 30.9. The maximum absolute atomic E-state index is 13.4. The number of aromatic nitrogens is 1. The van der Waals surface area contributed by atoms with Gasteiger partial charge in [0.1, 0.15) is 11.5 Å². The molecule has 3 N–H and O–H groups in total. The first-order chi connectivity index (χ1) is 21.3. The number of hydrogen-bond acceptors (Lipinski definition) is 6. The summed E-state index contributed by atoms with van der Waals surface area (Å²) in [6.07, 6.45) is 1.48. The third-order valence-corrected chi connectivity index (χ3v) is 8.18. The topological polar surface area (TPSA) is 100 Å². The molecule has 0 radical (unpaired) electrons. The molecule has 1 aromatic heterocycles. The van der Waals surface area contributed by atoms with Crippen molar-refractivity contribution in [1.29, 1.82) is 0 Å². The van der Waals surface area contributed by atoms with Crippen molar-refractivity contribution in [2.75, 3.05) is 10.6 Å². The molecule has 0 bridgehead atoms. The molecule has 3 amide bonds. The summed E-state index contributed by atoms with van der Waals surface area (Å²) >= 11 is 2.74. The lowest BCUT2D eigenvalue weighted by atomic mass is 10.1. The maximum Gasteiger partial charge on any atom is 0.272 e. The van der Waals surface area contributed by atoms with Gasteiger partial charge in [-0.05, 0) is 67.1 Å². The molecule has 0 aliphatic rings. The number of rotatable bonds is 10. The molecule has 0 saturated heterocycles. The molecule has 0 aliphatic carbocycles. The molecule has 0 fully saturated rings. The Morgan fingerprint density at radius 1 is 0.841 bits per heavy atom. The standard InChI is InChI=1S/C34H27FN4O3S2/c1-22(31(40)39-34-38-30(21-43-34)24-8-4-2-5-9-24)44-28-18-16-27(17-19-28)36-33(42)29(20-23-12-14-26(35)15-13-23)37-32(41)25-10-6-3-7-11-25/h2-22H,1H3,(H,36,42)(H,37,41)(H,38,39,40)/b29-20-. The molecular formula is C34H27FN4O3S2.